The summed E-state index contributed by atoms with van der Waals surface area (Å²) < 4.78 is 0. The van der Waals surface area contributed by atoms with Gasteiger partial charge < -0.3 is 5.32 Å². The second-order valence-electron chi connectivity index (χ2n) is 4.10. The standard InChI is InChI=1S/C15H13N3/c1-2-4-13(5-3-1)18-11-12-6-7-14-15(10-12)17-9-8-16-14/h1-10,18H,11H2. The van der Waals surface area contributed by atoms with E-state index in [0.717, 1.165) is 23.3 Å². The van der Waals surface area contributed by atoms with E-state index in [9.17, 15) is 0 Å². The molecular weight excluding hydrogens is 222 g/mol. The summed E-state index contributed by atoms with van der Waals surface area (Å²) in [6.07, 6.45) is 3.43. The number of benzene rings is 2. The first-order chi connectivity index (χ1) is 8.92. The van der Waals surface area contributed by atoms with Crippen LogP contribution >= 0.6 is 0 Å². The van der Waals surface area contributed by atoms with E-state index in [4.69, 9.17) is 0 Å². The van der Waals surface area contributed by atoms with Crippen molar-refractivity contribution in [3.05, 3.63) is 66.5 Å². The van der Waals surface area contributed by atoms with Gasteiger partial charge in [0.2, 0.25) is 0 Å². The predicted octanol–water partition coefficient (Wildman–Crippen LogP) is 3.24. The smallest absolute Gasteiger partial charge is 0.0890 e. The number of nitrogens with zero attached hydrogens (tertiary/aromatic N) is 2. The topological polar surface area (TPSA) is 37.8 Å². The molecule has 0 saturated heterocycles. The molecule has 18 heavy (non-hydrogen) atoms. The van der Waals surface area contributed by atoms with Gasteiger partial charge in [-0.1, -0.05) is 24.3 Å². The molecule has 1 aromatic heterocycles. The minimum Gasteiger partial charge on any atom is -0.381 e. The van der Waals surface area contributed by atoms with Crippen LogP contribution in [0.15, 0.2) is 60.9 Å². The van der Waals surface area contributed by atoms with E-state index in [-0.39, 0.29) is 0 Å². The highest BCUT2D eigenvalue weighted by atomic mass is 14.9. The normalized spacial score (nSPS) is 10.4. The third-order valence-corrected chi connectivity index (χ3v) is 2.80. The summed E-state index contributed by atoms with van der Waals surface area (Å²) in [5.41, 5.74) is 4.19. The second kappa shape index (κ2) is 4.84. The Bertz CT molecular complexity index is 650. The van der Waals surface area contributed by atoms with Crippen LogP contribution in [0.4, 0.5) is 5.69 Å². The summed E-state index contributed by atoms with van der Waals surface area (Å²) in [4.78, 5) is 8.56. The SMILES string of the molecule is c1ccc(NCc2ccc3nccnc3c2)cc1. The van der Waals surface area contributed by atoms with Crippen LogP contribution in [0.3, 0.4) is 0 Å². The van der Waals surface area contributed by atoms with E-state index in [2.05, 4.69) is 39.6 Å². The maximum atomic E-state index is 4.31. The lowest BCUT2D eigenvalue weighted by atomic mass is 10.2. The Kier molecular flexibility index (Phi) is 2.88. The van der Waals surface area contributed by atoms with Crippen molar-refractivity contribution < 1.29 is 0 Å². The molecule has 0 radical (unpaired) electrons. The molecule has 0 spiro atoms. The monoisotopic (exact) mass is 235 g/mol. The summed E-state index contributed by atoms with van der Waals surface area (Å²) in [5.74, 6) is 0. The van der Waals surface area contributed by atoms with Gasteiger partial charge in [0.25, 0.3) is 0 Å². The summed E-state index contributed by atoms with van der Waals surface area (Å²) in [6.45, 7) is 0.788. The molecule has 1 N–H and O–H groups in total. The van der Waals surface area contributed by atoms with E-state index in [1.54, 1.807) is 12.4 Å². The first-order valence-electron chi connectivity index (χ1n) is 5.90. The molecular formula is C15H13N3. The summed E-state index contributed by atoms with van der Waals surface area (Å²) in [6, 6.07) is 16.3. The van der Waals surface area contributed by atoms with E-state index in [1.807, 2.05) is 24.3 Å². The van der Waals surface area contributed by atoms with Crippen molar-refractivity contribution in [3.63, 3.8) is 0 Å². The van der Waals surface area contributed by atoms with Gasteiger partial charge in [0.1, 0.15) is 0 Å². The van der Waals surface area contributed by atoms with Crippen molar-refractivity contribution >= 4 is 16.7 Å². The molecule has 2 aromatic carbocycles. The number of para-hydroxylation sites is 1. The summed E-state index contributed by atoms with van der Waals surface area (Å²) >= 11 is 0. The lowest BCUT2D eigenvalue weighted by Gasteiger charge is -2.06. The number of hydrogen-bond acceptors (Lipinski definition) is 3. The van der Waals surface area contributed by atoms with E-state index in [0.29, 0.717) is 0 Å². The van der Waals surface area contributed by atoms with Gasteiger partial charge in [-0.3, -0.25) is 9.97 Å². The maximum absolute atomic E-state index is 4.31. The van der Waals surface area contributed by atoms with Crippen molar-refractivity contribution in [3.8, 4) is 0 Å². The minimum atomic E-state index is 0.788. The lowest BCUT2D eigenvalue weighted by molar-refractivity contribution is 1.15. The van der Waals surface area contributed by atoms with Crippen LogP contribution in [0.1, 0.15) is 5.56 Å². The molecule has 0 aliphatic carbocycles. The molecule has 0 atom stereocenters. The van der Waals surface area contributed by atoms with Gasteiger partial charge in [0.05, 0.1) is 11.0 Å². The fourth-order valence-corrected chi connectivity index (χ4v) is 1.88. The lowest BCUT2D eigenvalue weighted by Crippen LogP contribution is -1.99. The fourth-order valence-electron chi connectivity index (χ4n) is 1.88. The first-order valence-corrected chi connectivity index (χ1v) is 5.90. The maximum Gasteiger partial charge on any atom is 0.0890 e. The van der Waals surface area contributed by atoms with Crippen LogP contribution in [0.5, 0.6) is 0 Å². The Morgan fingerprint density at radius 1 is 0.833 bits per heavy atom. The zero-order valence-electron chi connectivity index (χ0n) is 9.88. The molecule has 0 fully saturated rings. The third-order valence-electron chi connectivity index (χ3n) is 2.80. The highest BCUT2D eigenvalue weighted by Crippen LogP contribution is 2.13. The molecule has 3 nitrogen and oxygen atoms in total. The van der Waals surface area contributed by atoms with Gasteiger partial charge in [0, 0.05) is 24.6 Å². The van der Waals surface area contributed by atoms with Crippen LogP contribution in [-0.4, -0.2) is 9.97 Å². The average Bonchev–Trinajstić information content (AvgIpc) is 2.46. The van der Waals surface area contributed by atoms with Gasteiger partial charge in [-0.25, -0.2) is 0 Å². The number of aromatic nitrogens is 2. The third kappa shape index (κ3) is 2.30. The van der Waals surface area contributed by atoms with Crippen LogP contribution < -0.4 is 5.32 Å². The fraction of sp³-hybridized carbons (Fsp3) is 0.0667. The molecule has 0 amide bonds. The Balaban J connectivity index is 1.79. The van der Waals surface area contributed by atoms with Gasteiger partial charge in [-0.2, -0.15) is 0 Å². The van der Waals surface area contributed by atoms with Crippen LogP contribution in [0.2, 0.25) is 0 Å². The Hall–Kier alpha value is -2.42. The van der Waals surface area contributed by atoms with E-state index >= 15 is 0 Å². The average molecular weight is 235 g/mol. The highest BCUT2D eigenvalue weighted by Gasteiger charge is 1.98. The molecule has 0 aliphatic rings. The summed E-state index contributed by atoms with van der Waals surface area (Å²) in [7, 11) is 0. The first kappa shape index (κ1) is 10.7. The molecule has 0 saturated carbocycles. The molecule has 0 bridgehead atoms. The van der Waals surface area contributed by atoms with Crippen molar-refractivity contribution in [2.45, 2.75) is 6.54 Å². The molecule has 3 heteroatoms. The molecule has 1 heterocycles. The predicted molar refractivity (Wildman–Crippen MR) is 73.3 cm³/mol. The molecule has 3 rings (SSSR count). The molecule has 88 valence electrons. The van der Waals surface area contributed by atoms with Gasteiger partial charge in [-0.15, -0.1) is 0 Å². The summed E-state index contributed by atoms with van der Waals surface area (Å²) in [5, 5.41) is 3.38. The zero-order chi connectivity index (χ0) is 12.2. The van der Waals surface area contributed by atoms with Crippen LogP contribution in [0, 0.1) is 0 Å². The minimum absolute atomic E-state index is 0.788. The van der Waals surface area contributed by atoms with E-state index in [1.165, 1.54) is 5.56 Å². The Morgan fingerprint density at radius 2 is 1.61 bits per heavy atom. The van der Waals surface area contributed by atoms with Crippen molar-refractivity contribution in [2.24, 2.45) is 0 Å². The van der Waals surface area contributed by atoms with Crippen molar-refractivity contribution in [1.82, 2.24) is 9.97 Å². The van der Waals surface area contributed by atoms with Gasteiger partial charge in [-0.05, 0) is 29.8 Å². The quantitative estimate of drug-likeness (QED) is 0.757. The number of anilines is 1. The second-order valence-corrected chi connectivity index (χ2v) is 4.10. The van der Waals surface area contributed by atoms with Crippen molar-refractivity contribution in [2.75, 3.05) is 5.32 Å². The number of fused-ring (bicyclic) bond motifs is 1. The molecule has 3 aromatic rings. The largest absolute Gasteiger partial charge is 0.381 e. The number of nitrogens with one attached hydrogen (secondary N) is 1. The van der Waals surface area contributed by atoms with Gasteiger partial charge in [0.15, 0.2) is 0 Å². The number of rotatable bonds is 3. The van der Waals surface area contributed by atoms with Crippen LogP contribution in [0.25, 0.3) is 11.0 Å². The Labute approximate surface area is 106 Å². The van der Waals surface area contributed by atoms with Crippen LogP contribution in [-0.2, 0) is 6.54 Å². The number of hydrogen-bond donors (Lipinski definition) is 1. The highest BCUT2D eigenvalue weighted by molar-refractivity contribution is 5.74. The van der Waals surface area contributed by atoms with Gasteiger partial charge >= 0.3 is 0 Å². The van der Waals surface area contributed by atoms with E-state index < -0.39 is 0 Å². The molecule has 0 unspecified atom stereocenters. The van der Waals surface area contributed by atoms with Crippen molar-refractivity contribution in [1.29, 1.82) is 0 Å². The zero-order valence-corrected chi connectivity index (χ0v) is 9.88. The Morgan fingerprint density at radius 3 is 2.44 bits per heavy atom. The molecule has 0 aliphatic heterocycles.